The highest BCUT2D eigenvalue weighted by atomic mass is 32.2. The first-order chi connectivity index (χ1) is 19.9. The topological polar surface area (TPSA) is 52.6 Å². The van der Waals surface area contributed by atoms with E-state index in [2.05, 4.69) is 43.3 Å². The first-order valence-corrected chi connectivity index (χ1v) is 17.1. The van der Waals surface area contributed by atoms with Gasteiger partial charge >= 0.3 is 0 Å². The number of benzene rings is 3. The van der Waals surface area contributed by atoms with Gasteiger partial charge in [0.1, 0.15) is 5.75 Å². The summed E-state index contributed by atoms with van der Waals surface area (Å²) in [5.74, 6) is 2.56. The molecule has 1 aliphatic carbocycles. The minimum atomic E-state index is -3.67. The van der Waals surface area contributed by atoms with Gasteiger partial charge < -0.3 is 4.74 Å². The molecule has 0 N–H and O–H groups in total. The number of unbranched alkanes of at least 4 members (excludes halogenated alkanes) is 5. The van der Waals surface area contributed by atoms with Crippen LogP contribution >= 0.6 is 0 Å². The van der Waals surface area contributed by atoms with Gasteiger partial charge in [-0.2, -0.15) is 8.42 Å². The van der Waals surface area contributed by atoms with Crippen LogP contribution in [-0.4, -0.2) is 21.6 Å². The smallest absolute Gasteiger partial charge is 0.296 e. The van der Waals surface area contributed by atoms with Crippen LogP contribution in [0.5, 0.6) is 5.75 Å². The monoisotopic (exact) mass is 576 g/mol. The summed E-state index contributed by atoms with van der Waals surface area (Å²) in [5, 5.41) is 0. The summed E-state index contributed by atoms with van der Waals surface area (Å²) in [5.41, 5.74) is 4.98. The van der Waals surface area contributed by atoms with E-state index in [1.807, 2.05) is 19.1 Å². The minimum Gasteiger partial charge on any atom is -0.494 e. The van der Waals surface area contributed by atoms with E-state index in [0.29, 0.717) is 13.0 Å². The van der Waals surface area contributed by atoms with E-state index in [1.165, 1.54) is 68.1 Å². The molecule has 0 spiro atoms. The Morgan fingerprint density at radius 3 is 1.93 bits per heavy atom. The Bertz CT molecular complexity index is 1260. The lowest BCUT2D eigenvalue weighted by Crippen LogP contribution is -2.13. The quantitative estimate of drug-likeness (QED) is 0.126. The van der Waals surface area contributed by atoms with Gasteiger partial charge in [-0.15, -0.1) is 0 Å². The Balaban J connectivity index is 1.10. The molecule has 0 atom stereocenters. The number of hydrogen-bond donors (Lipinski definition) is 0. The van der Waals surface area contributed by atoms with Gasteiger partial charge in [-0.05, 0) is 105 Å². The summed E-state index contributed by atoms with van der Waals surface area (Å²) < 4.78 is 35.6. The number of rotatable bonds is 16. The van der Waals surface area contributed by atoms with Gasteiger partial charge in [-0.25, -0.2) is 0 Å². The van der Waals surface area contributed by atoms with E-state index in [9.17, 15) is 8.42 Å². The fourth-order valence-electron chi connectivity index (χ4n) is 5.85. The maximum Gasteiger partial charge on any atom is 0.296 e. The zero-order valence-corrected chi connectivity index (χ0v) is 25.8. The van der Waals surface area contributed by atoms with Crippen LogP contribution in [0.4, 0.5) is 0 Å². The molecular formula is C36H48O4S. The molecule has 1 fully saturated rings. The van der Waals surface area contributed by atoms with E-state index in [1.54, 1.807) is 24.3 Å². The summed E-state index contributed by atoms with van der Waals surface area (Å²) in [6, 6.07) is 24.3. The average molecular weight is 577 g/mol. The third-order valence-electron chi connectivity index (χ3n) is 8.49. The standard InChI is InChI=1S/C36H48O4S/c1-3-4-7-10-30-13-15-31(16-14-30)32-17-19-33(20-18-32)34-21-23-35(24-22-34)39-27-8-5-6-9-28-40-41(37,38)36-25-11-29(2)12-26-36/h11-12,17-26,30-31H,3-10,13-16,27-28H2,1-2H3. The van der Waals surface area contributed by atoms with Gasteiger partial charge in [-0.3, -0.25) is 4.18 Å². The van der Waals surface area contributed by atoms with Gasteiger partial charge in [-0.1, -0.05) is 93.1 Å². The SMILES string of the molecule is CCCCCC1CCC(c2ccc(-c3ccc(OCCCCCCOS(=O)(=O)c4ccc(C)cc4)cc3)cc2)CC1. The number of ether oxygens (including phenoxy) is 1. The van der Waals surface area contributed by atoms with Crippen molar-refractivity contribution in [3.05, 3.63) is 83.9 Å². The highest BCUT2D eigenvalue weighted by Gasteiger charge is 2.22. The lowest BCUT2D eigenvalue weighted by molar-refractivity contribution is 0.289. The van der Waals surface area contributed by atoms with Crippen molar-refractivity contribution in [1.29, 1.82) is 0 Å². The van der Waals surface area contributed by atoms with Gasteiger partial charge in [0.25, 0.3) is 10.1 Å². The number of aryl methyl sites for hydroxylation is 1. The lowest BCUT2D eigenvalue weighted by atomic mass is 9.77. The third kappa shape index (κ3) is 10.0. The first kappa shape index (κ1) is 31.3. The summed E-state index contributed by atoms with van der Waals surface area (Å²) in [4.78, 5) is 0.213. The Kier molecular flexibility index (Phi) is 12.3. The van der Waals surface area contributed by atoms with Crippen LogP contribution in [0.25, 0.3) is 11.1 Å². The maximum absolute atomic E-state index is 12.2. The van der Waals surface area contributed by atoms with Gasteiger partial charge in [0.2, 0.25) is 0 Å². The molecule has 0 bridgehead atoms. The molecule has 222 valence electrons. The lowest BCUT2D eigenvalue weighted by Gasteiger charge is -2.29. The predicted octanol–water partition coefficient (Wildman–Crippen LogP) is 9.86. The molecule has 3 aromatic carbocycles. The van der Waals surface area contributed by atoms with Crippen LogP contribution in [0.1, 0.15) is 101 Å². The molecule has 0 unspecified atom stereocenters. The van der Waals surface area contributed by atoms with Crippen LogP contribution in [0.3, 0.4) is 0 Å². The molecule has 0 amide bonds. The first-order valence-electron chi connectivity index (χ1n) is 15.7. The van der Waals surface area contributed by atoms with E-state index >= 15 is 0 Å². The molecule has 1 saturated carbocycles. The van der Waals surface area contributed by atoms with Crippen LogP contribution < -0.4 is 4.74 Å². The van der Waals surface area contributed by atoms with Crippen molar-refractivity contribution >= 4 is 10.1 Å². The summed E-state index contributed by atoms with van der Waals surface area (Å²) >= 11 is 0. The van der Waals surface area contributed by atoms with Crippen LogP contribution in [0.15, 0.2) is 77.7 Å². The van der Waals surface area contributed by atoms with Crippen LogP contribution in [0, 0.1) is 12.8 Å². The average Bonchev–Trinajstić information content (AvgIpc) is 3.00. The zero-order chi connectivity index (χ0) is 28.9. The fraction of sp³-hybridized carbons (Fsp3) is 0.500. The second kappa shape index (κ2) is 16.1. The normalized spacial score (nSPS) is 17.4. The summed E-state index contributed by atoms with van der Waals surface area (Å²) in [7, 11) is -3.67. The molecule has 0 aromatic heterocycles. The summed E-state index contributed by atoms with van der Waals surface area (Å²) in [6.45, 7) is 5.08. The fourth-order valence-corrected chi connectivity index (χ4v) is 6.79. The molecular weight excluding hydrogens is 528 g/mol. The Labute approximate surface area is 248 Å². The van der Waals surface area contributed by atoms with Crippen molar-refractivity contribution in [3.63, 3.8) is 0 Å². The van der Waals surface area contributed by atoms with Gasteiger partial charge in [0, 0.05) is 0 Å². The van der Waals surface area contributed by atoms with Crippen molar-refractivity contribution < 1.29 is 17.3 Å². The maximum atomic E-state index is 12.2. The predicted molar refractivity (Wildman–Crippen MR) is 169 cm³/mol. The van der Waals surface area contributed by atoms with Gasteiger partial charge in [0.05, 0.1) is 18.1 Å². The van der Waals surface area contributed by atoms with Crippen molar-refractivity contribution in [2.24, 2.45) is 5.92 Å². The van der Waals surface area contributed by atoms with E-state index in [-0.39, 0.29) is 11.5 Å². The van der Waals surface area contributed by atoms with Crippen LogP contribution in [-0.2, 0) is 14.3 Å². The zero-order valence-electron chi connectivity index (χ0n) is 25.0. The molecule has 1 aliphatic rings. The molecule has 0 heterocycles. The third-order valence-corrected chi connectivity index (χ3v) is 9.81. The van der Waals surface area contributed by atoms with E-state index < -0.39 is 10.1 Å². The molecule has 4 nitrogen and oxygen atoms in total. The molecule has 4 rings (SSSR count). The minimum absolute atomic E-state index is 0.208. The summed E-state index contributed by atoms with van der Waals surface area (Å²) in [6.07, 6.45) is 14.5. The number of hydrogen-bond acceptors (Lipinski definition) is 4. The highest BCUT2D eigenvalue weighted by molar-refractivity contribution is 7.86. The van der Waals surface area contributed by atoms with E-state index in [4.69, 9.17) is 8.92 Å². The van der Waals surface area contributed by atoms with E-state index in [0.717, 1.165) is 42.4 Å². The molecule has 0 aliphatic heterocycles. The second-order valence-corrected chi connectivity index (χ2v) is 13.3. The molecule has 41 heavy (non-hydrogen) atoms. The van der Waals surface area contributed by atoms with Gasteiger partial charge in [0.15, 0.2) is 0 Å². The van der Waals surface area contributed by atoms with Crippen LogP contribution in [0.2, 0.25) is 0 Å². The molecule has 0 radical (unpaired) electrons. The Morgan fingerprint density at radius 1 is 0.683 bits per heavy atom. The molecule has 0 saturated heterocycles. The van der Waals surface area contributed by atoms with Crippen molar-refractivity contribution in [1.82, 2.24) is 0 Å². The van der Waals surface area contributed by atoms with Crippen molar-refractivity contribution in [2.75, 3.05) is 13.2 Å². The largest absolute Gasteiger partial charge is 0.494 e. The Hall–Kier alpha value is -2.63. The molecule has 5 heteroatoms. The second-order valence-electron chi connectivity index (χ2n) is 11.7. The highest BCUT2D eigenvalue weighted by Crippen LogP contribution is 2.38. The Morgan fingerprint density at radius 2 is 1.29 bits per heavy atom. The van der Waals surface area contributed by atoms with Crippen molar-refractivity contribution in [2.45, 2.75) is 102 Å². The van der Waals surface area contributed by atoms with Crippen molar-refractivity contribution in [3.8, 4) is 16.9 Å². The molecule has 3 aromatic rings.